The lowest BCUT2D eigenvalue weighted by Crippen LogP contribution is -2.48. The number of hydrogen-bond acceptors (Lipinski definition) is 3. The van der Waals surface area contributed by atoms with Gasteiger partial charge in [-0.2, -0.15) is 0 Å². The SMILES string of the molecule is CNC(C)(C)C(c1csc2ccccc12)N(C)C. The van der Waals surface area contributed by atoms with Crippen molar-refractivity contribution in [1.29, 1.82) is 0 Å². The van der Waals surface area contributed by atoms with Crippen LogP contribution in [-0.2, 0) is 0 Å². The van der Waals surface area contributed by atoms with Crippen molar-refractivity contribution in [2.75, 3.05) is 21.1 Å². The van der Waals surface area contributed by atoms with E-state index in [4.69, 9.17) is 0 Å². The van der Waals surface area contributed by atoms with Gasteiger partial charge in [-0.05, 0) is 57.4 Å². The third-order valence-corrected chi connectivity index (χ3v) is 4.63. The average Bonchev–Trinajstić information content (AvgIpc) is 2.73. The molecule has 0 amide bonds. The number of nitrogens with one attached hydrogen (secondary N) is 1. The van der Waals surface area contributed by atoms with Gasteiger partial charge in [0.15, 0.2) is 0 Å². The van der Waals surface area contributed by atoms with Crippen LogP contribution in [0.15, 0.2) is 29.6 Å². The largest absolute Gasteiger partial charge is 0.313 e. The van der Waals surface area contributed by atoms with Crippen molar-refractivity contribution in [1.82, 2.24) is 10.2 Å². The molecule has 98 valence electrons. The van der Waals surface area contributed by atoms with Crippen molar-refractivity contribution in [2.45, 2.75) is 25.4 Å². The number of rotatable bonds is 4. The number of nitrogens with zero attached hydrogens (tertiary/aromatic N) is 1. The van der Waals surface area contributed by atoms with Crippen LogP contribution in [-0.4, -0.2) is 31.6 Å². The minimum atomic E-state index is 0.0351. The Kier molecular flexibility index (Phi) is 3.76. The quantitative estimate of drug-likeness (QED) is 0.907. The van der Waals surface area contributed by atoms with Crippen LogP contribution in [0.2, 0.25) is 0 Å². The maximum Gasteiger partial charge on any atom is 0.0534 e. The molecule has 0 aliphatic heterocycles. The molecule has 0 bridgehead atoms. The molecule has 0 saturated heterocycles. The Balaban J connectivity index is 2.56. The van der Waals surface area contributed by atoms with E-state index in [9.17, 15) is 0 Å². The second-order valence-electron chi connectivity index (χ2n) is 5.53. The zero-order chi connectivity index (χ0) is 13.3. The van der Waals surface area contributed by atoms with E-state index in [-0.39, 0.29) is 5.54 Å². The minimum Gasteiger partial charge on any atom is -0.313 e. The number of likely N-dealkylation sites (N-methyl/N-ethyl adjacent to an activating group) is 2. The lowest BCUT2D eigenvalue weighted by Gasteiger charge is -2.38. The molecule has 1 N–H and O–H groups in total. The van der Waals surface area contributed by atoms with Crippen LogP contribution in [0.1, 0.15) is 25.5 Å². The molecule has 1 unspecified atom stereocenters. The van der Waals surface area contributed by atoms with Gasteiger partial charge in [-0.15, -0.1) is 11.3 Å². The summed E-state index contributed by atoms with van der Waals surface area (Å²) in [7, 11) is 6.33. The van der Waals surface area contributed by atoms with Crippen LogP contribution < -0.4 is 5.32 Å². The Morgan fingerprint density at radius 1 is 1.22 bits per heavy atom. The van der Waals surface area contributed by atoms with E-state index >= 15 is 0 Å². The number of hydrogen-bond donors (Lipinski definition) is 1. The second-order valence-corrected chi connectivity index (χ2v) is 6.44. The van der Waals surface area contributed by atoms with Gasteiger partial charge in [0, 0.05) is 10.2 Å². The van der Waals surface area contributed by atoms with Gasteiger partial charge in [-0.3, -0.25) is 0 Å². The van der Waals surface area contributed by atoms with E-state index < -0.39 is 0 Å². The van der Waals surface area contributed by atoms with Gasteiger partial charge in [0.25, 0.3) is 0 Å². The summed E-state index contributed by atoms with van der Waals surface area (Å²) in [5.41, 5.74) is 1.45. The molecule has 0 aliphatic rings. The number of thiophene rings is 1. The Labute approximate surface area is 114 Å². The van der Waals surface area contributed by atoms with E-state index in [1.54, 1.807) is 0 Å². The fraction of sp³-hybridized carbons (Fsp3) is 0.467. The highest BCUT2D eigenvalue weighted by atomic mass is 32.1. The standard InChI is InChI=1S/C15H22N2S/c1-15(2,16-3)14(17(4)5)12-10-18-13-9-7-6-8-11(12)13/h6-10,14,16H,1-5H3. The third-order valence-electron chi connectivity index (χ3n) is 3.65. The Bertz CT molecular complexity index is 528. The molecule has 1 atom stereocenters. The van der Waals surface area contributed by atoms with Crippen LogP contribution in [0.5, 0.6) is 0 Å². The molecule has 0 radical (unpaired) electrons. The van der Waals surface area contributed by atoms with Crippen molar-refractivity contribution >= 4 is 21.4 Å². The first-order valence-electron chi connectivity index (χ1n) is 6.29. The molecular formula is C15H22N2S. The Morgan fingerprint density at radius 3 is 2.50 bits per heavy atom. The van der Waals surface area contributed by atoms with Gasteiger partial charge in [-0.25, -0.2) is 0 Å². The molecule has 1 heterocycles. The van der Waals surface area contributed by atoms with E-state index in [2.05, 4.69) is 67.8 Å². The fourth-order valence-corrected chi connectivity index (χ4v) is 3.64. The van der Waals surface area contributed by atoms with Crippen LogP contribution in [0.25, 0.3) is 10.1 Å². The smallest absolute Gasteiger partial charge is 0.0534 e. The zero-order valence-electron chi connectivity index (χ0n) is 11.8. The van der Waals surface area contributed by atoms with Crippen molar-refractivity contribution in [2.24, 2.45) is 0 Å². The van der Waals surface area contributed by atoms with Crippen molar-refractivity contribution in [3.05, 3.63) is 35.2 Å². The van der Waals surface area contributed by atoms with Crippen molar-refractivity contribution in [3.8, 4) is 0 Å². The highest BCUT2D eigenvalue weighted by molar-refractivity contribution is 7.17. The maximum absolute atomic E-state index is 3.44. The summed E-state index contributed by atoms with van der Waals surface area (Å²) in [5.74, 6) is 0. The predicted octanol–water partition coefficient (Wildman–Crippen LogP) is 3.50. The van der Waals surface area contributed by atoms with Gasteiger partial charge < -0.3 is 10.2 Å². The van der Waals surface area contributed by atoms with Gasteiger partial charge >= 0.3 is 0 Å². The monoisotopic (exact) mass is 262 g/mol. The molecule has 18 heavy (non-hydrogen) atoms. The van der Waals surface area contributed by atoms with Crippen LogP contribution >= 0.6 is 11.3 Å². The van der Waals surface area contributed by atoms with E-state index in [1.165, 1.54) is 15.6 Å². The van der Waals surface area contributed by atoms with E-state index in [1.807, 2.05) is 18.4 Å². The summed E-state index contributed by atoms with van der Waals surface area (Å²) in [4.78, 5) is 2.30. The summed E-state index contributed by atoms with van der Waals surface area (Å²) < 4.78 is 1.37. The lowest BCUT2D eigenvalue weighted by atomic mass is 9.87. The van der Waals surface area contributed by atoms with E-state index in [0.29, 0.717) is 6.04 Å². The molecule has 0 fully saturated rings. The van der Waals surface area contributed by atoms with Crippen LogP contribution in [0.3, 0.4) is 0 Å². The summed E-state index contributed by atoms with van der Waals surface area (Å²) in [6.07, 6.45) is 0. The molecule has 1 aromatic carbocycles. The normalized spacial score (nSPS) is 14.3. The summed E-state index contributed by atoms with van der Waals surface area (Å²) in [5, 5.41) is 7.12. The zero-order valence-corrected chi connectivity index (χ0v) is 12.6. The van der Waals surface area contributed by atoms with Gasteiger partial charge in [0.1, 0.15) is 0 Å². The fourth-order valence-electron chi connectivity index (χ4n) is 2.66. The topological polar surface area (TPSA) is 15.3 Å². The van der Waals surface area contributed by atoms with Gasteiger partial charge in [0.2, 0.25) is 0 Å². The molecule has 2 rings (SSSR count). The lowest BCUT2D eigenvalue weighted by molar-refractivity contribution is 0.179. The Hall–Kier alpha value is -0.900. The van der Waals surface area contributed by atoms with Crippen LogP contribution in [0.4, 0.5) is 0 Å². The van der Waals surface area contributed by atoms with Gasteiger partial charge in [0.05, 0.1) is 6.04 Å². The summed E-state index contributed by atoms with van der Waals surface area (Å²) in [6, 6.07) is 9.01. The molecule has 2 nitrogen and oxygen atoms in total. The molecule has 0 aliphatic carbocycles. The first kappa shape index (κ1) is 13.5. The summed E-state index contributed by atoms with van der Waals surface area (Å²) in [6.45, 7) is 4.51. The van der Waals surface area contributed by atoms with Crippen molar-refractivity contribution in [3.63, 3.8) is 0 Å². The third kappa shape index (κ3) is 2.30. The second kappa shape index (κ2) is 5.00. The number of benzene rings is 1. The first-order valence-corrected chi connectivity index (χ1v) is 7.17. The highest BCUT2D eigenvalue weighted by Crippen LogP contribution is 2.37. The highest BCUT2D eigenvalue weighted by Gasteiger charge is 2.32. The molecular weight excluding hydrogens is 240 g/mol. The molecule has 0 saturated carbocycles. The first-order chi connectivity index (χ1) is 8.47. The van der Waals surface area contributed by atoms with E-state index in [0.717, 1.165) is 0 Å². The maximum atomic E-state index is 3.44. The number of fused-ring (bicyclic) bond motifs is 1. The molecule has 0 spiro atoms. The van der Waals surface area contributed by atoms with Crippen LogP contribution in [0, 0.1) is 0 Å². The molecule has 2 aromatic rings. The minimum absolute atomic E-state index is 0.0351. The molecule has 3 heteroatoms. The molecule has 1 aromatic heterocycles. The average molecular weight is 262 g/mol. The van der Waals surface area contributed by atoms with Gasteiger partial charge in [-0.1, -0.05) is 18.2 Å². The van der Waals surface area contributed by atoms with Crippen molar-refractivity contribution < 1.29 is 0 Å². The Morgan fingerprint density at radius 2 is 1.89 bits per heavy atom. The predicted molar refractivity (Wildman–Crippen MR) is 81.4 cm³/mol. The summed E-state index contributed by atoms with van der Waals surface area (Å²) >= 11 is 1.83.